The summed E-state index contributed by atoms with van der Waals surface area (Å²) in [4.78, 5) is 16.7. The second-order valence-electron chi connectivity index (χ2n) is 9.09. The zero-order valence-electron chi connectivity index (χ0n) is 19.6. The van der Waals surface area contributed by atoms with Crippen molar-refractivity contribution in [3.63, 3.8) is 0 Å². The van der Waals surface area contributed by atoms with Gasteiger partial charge in [0.05, 0.1) is 13.4 Å². The molecule has 0 unspecified atom stereocenters. The van der Waals surface area contributed by atoms with Crippen LogP contribution in [0.4, 0.5) is 5.69 Å². The largest absolute Gasteiger partial charge is 0.497 e. The second-order valence-corrected chi connectivity index (χ2v) is 11.0. The first-order valence-corrected chi connectivity index (χ1v) is 13.3. The molecule has 8 heteroatoms. The minimum atomic E-state index is -3.37. The van der Waals surface area contributed by atoms with Gasteiger partial charge in [0.1, 0.15) is 5.75 Å². The Kier molecular flexibility index (Phi) is 7.07. The first-order valence-electron chi connectivity index (χ1n) is 11.5. The average Bonchev–Trinajstić information content (AvgIpc) is 3.16. The quantitative estimate of drug-likeness (QED) is 0.685. The molecule has 0 aliphatic carbocycles. The number of para-hydroxylation sites is 1. The summed E-state index contributed by atoms with van der Waals surface area (Å²) in [5, 5.41) is 0. The number of rotatable bonds is 4. The van der Waals surface area contributed by atoms with Crippen molar-refractivity contribution in [3.05, 3.63) is 59.7 Å². The molecule has 33 heavy (non-hydrogen) atoms. The van der Waals surface area contributed by atoms with E-state index in [1.54, 1.807) is 23.2 Å². The molecule has 2 heterocycles. The van der Waals surface area contributed by atoms with E-state index in [0.717, 1.165) is 35.4 Å². The van der Waals surface area contributed by atoms with Crippen LogP contribution in [0.15, 0.2) is 48.5 Å². The number of anilines is 1. The molecule has 7 nitrogen and oxygen atoms in total. The monoisotopic (exact) mass is 471 g/mol. The Balaban J connectivity index is 1.74. The molecule has 2 aliphatic heterocycles. The molecule has 0 saturated carbocycles. The van der Waals surface area contributed by atoms with E-state index in [1.165, 1.54) is 6.26 Å². The number of carbonyl (C=O) groups excluding carboxylic acids is 1. The van der Waals surface area contributed by atoms with Crippen LogP contribution >= 0.6 is 0 Å². The molecule has 0 aromatic heterocycles. The van der Waals surface area contributed by atoms with Crippen LogP contribution in [0, 0.1) is 0 Å². The fourth-order valence-electron chi connectivity index (χ4n) is 5.31. The normalized spacial score (nSPS) is 22.5. The number of methoxy groups -OCH3 is 1. The zero-order chi connectivity index (χ0) is 23.6. The number of carbonyl (C=O) groups is 1. The van der Waals surface area contributed by atoms with Gasteiger partial charge in [-0.3, -0.25) is 9.69 Å². The first kappa shape index (κ1) is 23.7. The number of ether oxygens (including phenoxy) is 1. The van der Waals surface area contributed by atoms with Gasteiger partial charge in [0, 0.05) is 50.9 Å². The number of nitrogens with zero attached hydrogens (tertiary/aromatic N) is 3. The SMILES string of the molecule is COc1cccc(CN2Cc3ccccc3N(C(C)=O)CC[C@H]3CC[C@@H](C2)N3S(C)(=O)=O)c1. The summed E-state index contributed by atoms with van der Waals surface area (Å²) in [5.74, 6) is 0.772. The maximum absolute atomic E-state index is 12.8. The summed E-state index contributed by atoms with van der Waals surface area (Å²) in [6.45, 7) is 4.00. The van der Waals surface area contributed by atoms with E-state index in [-0.39, 0.29) is 18.0 Å². The van der Waals surface area contributed by atoms with Gasteiger partial charge in [-0.2, -0.15) is 4.31 Å². The number of benzene rings is 2. The van der Waals surface area contributed by atoms with Gasteiger partial charge in [0.25, 0.3) is 0 Å². The molecule has 1 amide bonds. The minimum absolute atomic E-state index is 0.0264. The van der Waals surface area contributed by atoms with Crippen LogP contribution in [0.25, 0.3) is 0 Å². The molecule has 2 aromatic carbocycles. The van der Waals surface area contributed by atoms with Crippen molar-refractivity contribution in [2.45, 2.75) is 51.4 Å². The molecule has 0 spiro atoms. The van der Waals surface area contributed by atoms with Crippen LogP contribution in [-0.2, 0) is 27.9 Å². The van der Waals surface area contributed by atoms with Crippen molar-refractivity contribution < 1.29 is 17.9 Å². The Morgan fingerprint density at radius 3 is 2.55 bits per heavy atom. The maximum atomic E-state index is 12.8. The predicted octanol–water partition coefficient (Wildman–Crippen LogP) is 3.25. The van der Waals surface area contributed by atoms with E-state index in [9.17, 15) is 13.2 Å². The second kappa shape index (κ2) is 9.83. The molecule has 2 aliphatic rings. The van der Waals surface area contributed by atoms with Gasteiger partial charge in [-0.15, -0.1) is 0 Å². The van der Waals surface area contributed by atoms with Crippen molar-refractivity contribution in [2.75, 3.05) is 31.4 Å². The number of amides is 1. The fraction of sp³-hybridized carbons (Fsp3) is 0.480. The van der Waals surface area contributed by atoms with E-state index in [4.69, 9.17) is 4.74 Å². The van der Waals surface area contributed by atoms with Crippen LogP contribution in [0.3, 0.4) is 0 Å². The number of sulfonamides is 1. The predicted molar refractivity (Wildman–Crippen MR) is 130 cm³/mol. The maximum Gasteiger partial charge on any atom is 0.223 e. The van der Waals surface area contributed by atoms with Gasteiger partial charge in [-0.05, 0) is 48.6 Å². The van der Waals surface area contributed by atoms with Gasteiger partial charge in [-0.25, -0.2) is 8.42 Å². The first-order chi connectivity index (χ1) is 15.8. The summed E-state index contributed by atoms with van der Waals surface area (Å²) in [7, 11) is -1.72. The van der Waals surface area contributed by atoms with Crippen LogP contribution in [0.5, 0.6) is 5.75 Å². The fourth-order valence-corrected chi connectivity index (χ4v) is 6.77. The summed E-state index contributed by atoms with van der Waals surface area (Å²) < 4.78 is 32.7. The Morgan fingerprint density at radius 2 is 1.82 bits per heavy atom. The molecule has 1 fully saturated rings. The van der Waals surface area contributed by atoms with Gasteiger partial charge in [0.15, 0.2) is 0 Å². The third-order valence-corrected chi connectivity index (χ3v) is 8.05. The molecular formula is C25H33N3O4S. The molecule has 1 saturated heterocycles. The highest BCUT2D eigenvalue weighted by Crippen LogP contribution is 2.33. The van der Waals surface area contributed by atoms with E-state index >= 15 is 0 Å². The Labute approximate surface area is 197 Å². The molecule has 2 aromatic rings. The van der Waals surface area contributed by atoms with Gasteiger partial charge in [0.2, 0.25) is 15.9 Å². The van der Waals surface area contributed by atoms with E-state index < -0.39 is 10.0 Å². The summed E-state index contributed by atoms with van der Waals surface area (Å²) in [6, 6.07) is 15.8. The van der Waals surface area contributed by atoms with Gasteiger partial charge in [-0.1, -0.05) is 30.3 Å². The van der Waals surface area contributed by atoms with E-state index in [1.807, 2.05) is 36.4 Å². The summed E-state index contributed by atoms with van der Waals surface area (Å²) >= 11 is 0. The third-order valence-electron chi connectivity index (χ3n) is 6.69. The van der Waals surface area contributed by atoms with Crippen molar-refractivity contribution in [1.29, 1.82) is 0 Å². The highest BCUT2D eigenvalue weighted by Gasteiger charge is 2.40. The third kappa shape index (κ3) is 5.39. The summed E-state index contributed by atoms with van der Waals surface area (Å²) in [6.07, 6.45) is 3.58. The van der Waals surface area contributed by atoms with Crippen molar-refractivity contribution in [2.24, 2.45) is 0 Å². The topological polar surface area (TPSA) is 70.2 Å². The Bertz CT molecular complexity index is 1100. The Hall–Kier alpha value is -2.42. The lowest BCUT2D eigenvalue weighted by Crippen LogP contribution is -2.46. The lowest BCUT2D eigenvalue weighted by molar-refractivity contribution is -0.116. The van der Waals surface area contributed by atoms with Gasteiger partial charge < -0.3 is 9.64 Å². The molecule has 178 valence electrons. The lowest BCUT2D eigenvalue weighted by Gasteiger charge is -2.32. The lowest BCUT2D eigenvalue weighted by atomic mass is 10.1. The summed E-state index contributed by atoms with van der Waals surface area (Å²) in [5.41, 5.74) is 3.08. The highest BCUT2D eigenvalue weighted by atomic mass is 32.2. The van der Waals surface area contributed by atoms with Crippen molar-refractivity contribution >= 4 is 21.6 Å². The Morgan fingerprint density at radius 1 is 1.06 bits per heavy atom. The molecule has 0 N–H and O–H groups in total. The van der Waals surface area contributed by atoms with Crippen molar-refractivity contribution in [1.82, 2.24) is 9.21 Å². The number of fused-ring (bicyclic) bond motifs is 3. The van der Waals surface area contributed by atoms with Crippen LogP contribution in [-0.4, -0.2) is 62.1 Å². The highest BCUT2D eigenvalue weighted by molar-refractivity contribution is 7.88. The minimum Gasteiger partial charge on any atom is -0.497 e. The van der Waals surface area contributed by atoms with Crippen LogP contribution in [0.1, 0.15) is 37.3 Å². The van der Waals surface area contributed by atoms with Crippen LogP contribution < -0.4 is 9.64 Å². The molecule has 2 bridgehead atoms. The van der Waals surface area contributed by atoms with E-state index in [0.29, 0.717) is 32.6 Å². The van der Waals surface area contributed by atoms with Gasteiger partial charge >= 0.3 is 0 Å². The average molecular weight is 472 g/mol. The molecular weight excluding hydrogens is 438 g/mol. The molecule has 2 atom stereocenters. The standard InChI is InChI=1S/C25H33N3O4S/c1-19(29)27-14-13-22-11-12-23(28(22)33(3,30)31)18-26(17-21-8-4-5-10-25(21)27)16-20-7-6-9-24(15-20)32-2/h4-10,15,22-23H,11-14,16-18H2,1-3H3/t22-,23+/m1/s1. The van der Waals surface area contributed by atoms with E-state index in [2.05, 4.69) is 17.0 Å². The number of hydrogen-bond acceptors (Lipinski definition) is 5. The molecule has 0 radical (unpaired) electrons. The van der Waals surface area contributed by atoms with Crippen molar-refractivity contribution in [3.8, 4) is 5.75 Å². The smallest absolute Gasteiger partial charge is 0.223 e. The molecule has 4 rings (SSSR count). The number of hydrogen-bond donors (Lipinski definition) is 0. The zero-order valence-corrected chi connectivity index (χ0v) is 20.4. The van der Waals surface area contributed by atoms with Crippen LogP contribution in [0.2, 0.25) is 0 Å².